The molecule has 1 aromatic carbocycles. The SMILES string of the molecule is CN=C(NCc1cccc(N(C)C)c1)NC1CCCC1. The van der Waals surface area contributed by atoms with Crippen LogP contribution in [0.5, 0.6) is 0 Å². The summed E-state index contributed by atoms with van der Waals surface area (Å²) >= 11 is 0. The van der Waals surface area contributed by atoms with Crippen LogP contribution in [0, 0.1) is 0 Å². The minimum Gasteiger partial charge on any atom is -0.378 e. The van der Waals surface area contributed by atoms with E-state index in [0.717, 1.165) is 12.5 Å². The monoisotopic (exact) mass is 274 g/mol. The van der Waals surface area contributed by atoms with Crippen LogP contribution < -0.4 is 15.5 Å². The van der Waals surface area contributed by atoms with Crippen molar-refractivity contribution in [3.63, 3.8) is 0 Å². The highest BCUT2D eigenvalue weighted by Crippen LogP contribution is 2.17. The molecule has 0 unspecified atom stereocenters. The van der Waals surface area contributed by atoms with Gasteiger partial charge in [-0.25, -0.2) is 0 Å². The molecule has 1 aliphatic rings. The Morgan fingerprint density at radius 3 is 2.70 bits per heavy atom. The lowest BCUT2D eigenvalue weighted by atomic mass is 10.2. The van der Waals surface area contributed by atoms with E-state index in [1.165, 1.54) is 36.9 Å². The molecule has 0 aliphatic heterocycles. The number of hydrogen-bond acceptors (Lipinski definition) is 2. The van der Waals surface area contributed by atoms with Gasteiger partial charge in [0.25, 0.3) is 0 Å². The Labute approximate surface area is 122 Å². The maximum atomic E-state index is 4.31. The zero-order valence-corrected chi connectivity index (χ0v) is 12.8. The standard InChI is InChI=1S/C16H26N4/c1-17-16(19-14-8-4-5-9-14)18-12-13-7-6-10-15(11-13)20(2)3/h6-7,10-11,14H,4-5,8-9,12H2,1-3H3,(H2,17,18,19). The summed E-state index contributed by atoms with van der Waals surface area (Å²) in [7, 11) is 5.96. The Bertz CT molecular complexity index is 448. The van der Waals surface area contributed by atoms with Crippen LogP contribution in [0.15, 0.2) is 29.3 Å². The average molecular weight is 274 g/mol. The van der Waals surface area contributed by atoms with Gasteiger partial charge in [-0.2, -0.15) is 0 Å². The topological polar surface area (TPSA) is 39.7 Å². The van der Waals surface area contributed by atoms with Gasteiger partial charge in [-0.3, -0.25) is 4.99 Å². The Balaban J connectivity index is 1.87. The van der Waals surface area contributed by atoms with Crippen LogP contribution in [0.2, 0.25) is 0 Å². The summed E-state index contributed by atoms with van der Waals surface area (Å²) in [5, 5.41) is 6.90. The van der Waals surface area contributed by atoms with Gasteiger partial charge in [0, 0.05) is 39.4 Å². The molecule has 4 nitrogen and oxygen atoms in total. The molecule has 0 heterocycles. The minimum atomic E-state index is 0.592. The molecule has 2 N–H and O–H groups in total. The van der Waals surface area contributed by atoms with E-state index in [1.54, 1.807) is 0 Å². The molecule has 0 aromatic heterocycles. The van der Waals surface area contributed by atoms with Crippen molar-refractivity contribution in [3.05, 3.63) is 29.8 Å². The van der Waals surface area contributed by atoms with Gasteiger partial charge in [0.2, 0.25) is 0 Å². The summed E-state index contributed by atoms with van der Waals surface area (Å²) in [5.74, 6) is 0.909. The van der Waals surface area contributed by atoms with Crippen molar-refractivity contribution < 1.29 is 0 Å². The lowest BCUT2D eigenvalue weighted by molar-refractivity contribution is 0.613. The smallest absolute Gasteiger partial charge is 0.191 e. The first kappa shape index (κ1) is 14.7. The average Bonchev–Trinajstić information content (AvgIpc) is 2.96. The van der Waals surface area contributed by atoms with E-state index in [9.17, 15) is 0 Å². The first-order chi connectivity index (χ1) is 9.69. The van der Waals surface area contributed by atoms with Crippen molar-refractivity contribution in [1.29, 1.82) is 0 Å². The molecule has 0 atom stereocenters. The second-order valence-electron chi connectivity index (χ2n) is 5.62. The summed E-state index contributed by atoms with van der Waals surface area (Å²) in [4.78, 5) is 6.43. The Kier molecular flexibility index (Phi) is 5.27. The number of aliphatic imine (C=N–C) groups is 1. The van der Waals surface area contributed by atoms with Gasteiger partial charge < -0.3 is 15.5 Å². The van der Waals surface area contributed by atoms with Gasteiger partial charge in [0.05, 0.1) is 0 Å². The molecule has 1 aliphatic carbocycles. The fraction of sp³-hybridized carbons (Fsp3) is 0.562. The zero-order chi connectivity index (χ0) is 14.4. The summed E-state index contributed by atoms with van der Waals surface area (Å²) < 4.78 is 0. The van der Waals surface area contributed by atoms with Crippen molar-refractivity contribution in [2.75, 3.05) is 26.0 Å². The van der Waals surface area contributed by atoms with Crippen molar-refractivity contribution in [2.24, 2.45) is 4.99 Å². The number of rotatable bonds is 4. The van der Waals surface area contributed by atoms with Crippen LogP contribution >= 0.6 is 0 Å². The molecule has 110 valence electrons. The van der Waals surface area contributed by atoms with Crippen molar-refractivity contribution in [3.8, 4) is 0 Å². The van der Waals surface area contributed by atoms with Gasteiger partial charge in [-0.05, 0) is 30.5 Å². The molecule has 1 saturated carbocycles. The van der Waals surface area contributed by atoms with Crippen LogP contribution in [-0.4, -0.2) is 33.1 Å². The molecule has 4 heteroatoms. The fourth-order valence-electron chi connectivity index (χ4n) is 2.59. The normalized spacial score (nSPS) is 16.2. The highest BCUT2D eigenvalue weighted by molar-refractivity contribution is 5.80. The van der Waals surface area contributed by atoms with Crippen LogP contribution in [0.25, 0.3) is 0 Å². The zero-order valence-electron chi connectivity index (χ0n) is 12.8. The van der Waals surface area contributed by atoms with Crippen molar-refractivity contribution in [2.45, 2.75) is 38.3 Å². The van der Waals surface area contributed by atoms with E-state index in [4.69, 9.17) is 0 Å². The molecule has 0 amide bonds. The first-order valence-corrected chi connectivity index (χ1v) is 7.42. The lowest BCUT2D eigenvalue weighted by Crippen LogP contribution is -2.41. The van der Waals surface area contributed by atoms with E-state index in [0.29, 0.717) is 6.04 Å². The molecule has 0 spiro atoms. The largest absolute Gasteiger partial charge is 0.378 e. The molecular weight excluding hydrogens is 248 g/mol. The van der Waals surface area contributed by atoms with Crippen molar-refractivity contribution >= 4 is 11.6 Å². The van der Waals surface area contributed by atoms with E-state index in [2.05, 4.69) is 58.9 Å². The first-order valence-electron chi connectivity index (χ1n) is 7.42. The third kappa shape index (κ3) is 4.15. The number of anilines is 1. The Morgan fingerprint density at radius 2 is 2.05 bits per heavy atom. The quantitative estimate of drug-likeness (QED) is 0.654. The molecule has 0 saturated heterocycles. The van der Waals surface area contributed by atoms with Gasteiger partial charge in [-0.1, -0.05) is 25.0 Å². The molecule has 1 aromatic rings. The van der Waals surface area contributed by atoms with E-state index in [1.807, 2.05) is 7.05 Å². The summed E-state index contributed by atoms with van der Waals surface area (Å²) in [5.41, 5.74) is 2.49. The third-order valence-electron chi connectivity index (χ3n) is 3.81. The number of nitrogens with one attached hydrogen (secondary N) is 2. The molecule has 0 bridgehead atoms. The van der Waals surface area contributed by atoms with Crippen LogP contribution in [-0.2, 0) is 6.54 Å². The predicted molar refractivity (Wildman–Crippen MR) is 86.4 cm³/mol. The molecule has 1 fully saturated rings. The van der Waals surface area contributed by atoms with Crippen LogP contribution in [0.3, 0.4) is 0 Å². The van der Waals surface area contributed by atoms with Crippen LogP contribution in [0.4, 0.5) is 5.69 Å². The molecule has 0 radical (unpaired) electrons. The Hall–Kier alpha value is -1.71. The van der Waals surface area contributed by atoms with E-state index in [-0.39, 0.29) is 0 Å². The highest BCUT2D eigenvalue weighted by atomic mass is 15.2. The van der Waals surface area contributed by atoms with E-state index >= 15 is 0 Å². The maximum absolute atomic E-state index is 4.31. The second kappa shape index (κ2) is 7.17. The molecular formula is C16H26N4. The van der Waals surface area contributed by atoms with Crippen LogP contribution in [0.1, 0.15) is 31.2 Å². The fourth-order valence-corrected chi connectivity index (χ4v) is 2.59. The lowest BCUT2D eigenvalue weighted by Gasteiger charge is -2.18. The molecule has 20 heavy (non-hydrogen) atoms. The number of nitrogens with zero attached hydrogens (tertiary/aromatic N) is 2. The maximum Gasteiger partial charge on any atom is 0.191 e. The van der Waals surface area contributed by atoms with Crippen molar-refractivity contribution in [1.82, 2.24) is 10.6 Å². The van der Waals surface area contributed by atoms with Gasteiger partial charge in [0.1, 0.15) is 0 Å². The summed E-state index contributed by atoms with van der Waals surface area (Å²) in [6.07, 6.45) is 5.19. The number of hydrogen-bond donors (Lipinski definition) is 2. The predicted octanol–water partition coefficient (Wildman–Crippen LogP) is 2.36. The summed E-state index contributed by atoms with van der Waals surface area (Å²) in [6.45, 7) is 0.800. The second-order valence-corrected chi connectivity index (χ2v) is 5.62. The number of benzene rings is 1. The van der Waals surface area contributed by atoms with Gasteiger partial charge in [0.15, 0.2) is 5.96 Å². The third-order valence-corrected chi connectivity index (χ3v) is 3.81. The van der Waals surface area contributed by atoms with Gasteiger partial charge in [-0.15, -0.1) is 0 Å². The minimum absolute atomic E-state index is 0.592. The highest BCUT2D eigenvalue weighted by Gasteiger charge is 2.15. The number of guanidine groups is 1. The molecule has 2 rings (SSSR count). The van der Waals surface area contributed by atoms with Gasteiger partial charge >= 0.3 is 0 Å². The Morgan fingerprint density at radius 1 is 1.30 bits per heavy atom. The van der Waals surface area contributed by atoms with E-state index < -0.39 is 0 Å². The summed E-state index contributed by atoms with van der Waals surface area (Å²) in [6, 6.07) is 9.15.